The summed E-state index contributed by atoms with van der Waals surface area (Å²) in [6.07, 6.45) is 10.8. The zero-order valence-corrected chi connectivity index (χ0v) is 17.9. The minimum absolute atomic E-state index is 0. The van der Waals surface area contributed by atoms with Crippen molar-refractivity contribution in [2.24, 2.45) is 0 Å². The van der Waals surface area contributed by atoms with Crippen molar-refractivity contribution in [3.8, 4) is 0 Å². The molecule has 0 heterocycles. The van der Waals surface area contributed by atoms with Crippen molar-refractivity contribution in [2.45, 2.75) is 79.1 Å². The van der Waals surface area contributed by atoms with Crippen LogP contribution in [0.2, 0.25) is 0 Å². The maximum atomic E-state index is 2.80. The van der Waals surface area contributed by atoms with E-state index in [4.69, 9.17) is 0 Å². The number of unbranched alkanes of at least 4 members (excludes halogenated alkanes) is 4. The van der Waals surface area contributed by atoms with Crippen LogP contribution >= 0.6 is 24.8 Å². The first-order valence-electron chi connectivity index (χ1n) is 8.54. The third-order valence-corrected chi connectivity index (χ3v) is 5.69. The van der Waals surface area contributed by atoms with Gasteiger partial charge in [0.2, 0.25) is 0 Å². The number of halogens is 2. The van der Waals surface area contributed by atoms with Crippen molar-refractivity contribution in [2.75, 3.05) is 26.2 Å². The molecule has 0 N–H and O–H groups in total. The predicted molar refractivity (Wildman–Crippen MR) is 97.3 cm³/mol. The van der Waals surface area contributed by atoms with Gasteiger partial charge in [0.1, 0.15) is 0 Å². The molecule has 0 amide bonds. The summed E-state index contributed by atoms with van der Waals surface area (Å²) < 4.78 is 5.61. The van der Waals surface area contributed by atoms with Crippen LogP contribution in [0.25, 0.3) is 0 Å². The number of nitrogens with zero attached hydrogens (tertiary/aromatic N) is 2. The van der Waals surface area contributed by atoms with Gasteiger partial charge >= 0.3 is 132 Å². The molecule has 0 aliphatic heterocycles. The molecule has 0 aromatic heterocycles. The molecule has 0 rings (SSSR count). The molecule has 0 radical (unpaired) electrons. The van der Waals surface area contributed by atoms with E-state index in [2.05, 4.69) is 34.5 Å². The summed E-state index contributed by atoms with van der Waals surface area (Å²) in [5.41, 5.74) is 0. The molecule has 21 heavy (non-hydrogen) atoms. The van der Waals surface area contributed by atoms with Crippen molar-refractivity contribution in [3.05, 3.63) is 0 Å². The molecule has 0 spiro atoms. The van der Waals surface area contributed by atoms with Gasteiger partial charge in [-0.05, 0) is 0 Å². The van der Waals surface area contributed by atoms with E-state index < -0.39 is 0 Å². The number of hydrogen-bond donors (Lipinski definition) is 0. The van der Waals surface area contributed by atoms with E-state index in [-0.39, 0.29) is 44.5 Å². The molecule has 0 aliphatic rings. The molecule has 130 valence electrons. The van der Waals surface area contributed by atoms with Crippen LogP contribution in [-0.4, -0.2) is 32.9 Å². The van der Waals surface area contributed by atoms with Crippen LogP contribution < -0.4 is 0 Å². The molecule has 0 fully saturated rings. The molecule has 5 heteroatoms. The average Bonchev–Trinajstić information content (AvgIpc) is 2.44. The average molecular weight is 377 g/mol. The summed E-state index contributed by atoms with van der Waals surface area (Å²) in [4.78, 5) is 0. The van der Waals surface area contributed by atoms with E-state index in [9.17, 15) is 0 Å². The number of hydrogen-bond acceptors (Lipinski definition) is 2. The van der Waals surface area contributed by atoms with Crippen LogP contribution in [-0.2, 0) is 19.7 Å². The smallest absolute Gasteiger partial charge is 0.147 e. The Kier molecular flexibility index (Phi) is 27.4. The van der Waals surface area contributed by atoms with Gasteiger partial charge in [-0.1, -0.05) is 0 Å². The molecule has 2 nitrogen and oxygen atoms in total. The Hall–Kier alpha value is 1.21. The molecular formula is C16H38Cl2N2Ti. The SMILES string of the molecule is CCCC[N](CCCC)[Ti][N](CCCC)CCCC.Cl.Cl. The van der Waals surface area contributed by atoms with Crippen LogP contribution in [0.1, 0.15) is 79.1 Å². The van der Waals surface area contributed by atoms with Crippen LogP contribution in [0.4, 0.5) is 0 Å². The van der Waals surface area contributed by atoms with Crippen LogP contribution in [0, 0.1) is 0 Å². The first-order chi connectivity index (χ1) is 9.28. The van der Waals surface area contributed by atoms with Crippen molar-refractivity contribution in [3.63, 3.8) is 0 Å². The van der Waals surface area contributed by atoms with E-state index in [1.165, 1.54) is 77.5 Å². The van der Waals surface area contributed by atoms with E-state index in [0.29, 0.717) is 0 Å². The van der Waals surface area contributed by atoms with Gasteiger partial charge in [-0.3, -0.25) is 0 Å². The first-order valence-corrected chi connectivity index (χ1v) is 9.94. The molecular weight excluding hydrogens is 339 g/mol. The standard InChI is InChI=1S/2C8H18N.2ClH.Ti/c2*1-3-5-7-9-8-6-4-2;;;/h2*3-8H2,1-2H3;2*1H;/q2*-1;;;+2. The summed E-state index contributed by atoms with van der Waals surface area (Å²) in [5, 5.41) is 0. The maximum Gasteiger partial charge on any atom is -0.147 e. The summed E-state index contributed by atoms with van der Waals surface area (Å²) in [6, 6.07) is 0. The zero-order chi connectivity index (χ0) is 14.3. The van der Waals surface area contributed by atoms with Gasteiger partial charge in [-0.25, -0.2) is 0 Å². The van der Waals surface area contributed by atoms with E-state index in [1.54, 1.807) is 0 Å². The largest absolute Gasteiger partial charge is 0.147 e. The molecule has 0 aliphatic carbocycles. The van der Waals surface area contributed by atoms with Crippen LogP contribution in [0.15, 0.2) is 0 Å². The van der Waals surface area contributed by atoms with Gasteiger partial charge in [0.25, 0.3) is 0 Å². The zero-order valence-electron chi connectivity index (χ0n) is 14.7. The van der Waals surface area contributed by atoms with Crippen molar-refractivity contribution < 1.29 is 19.7 Å². The fourth-order valence-corrected chi connectivity index (χ4v) is 4.26. The Bertz CT molecular complexity index is 152. The first kappa shape index (κ1) is 27.1. The summed E-state index contributed by atoms with van der Waals surface area (Å²) in [6.45, 7) is 14.6. The van der Waals surface area contributed by atoms with Gasteiger partial charge in [0.15, 0.2) is 0 Å². The van der Waals surface area contributed by atoms with Gasteiger partial charge in [0.05, 0.1) is 0 Å². The second-order valence-corrected chi connectivity index (χ2v) is 7.78. The fraction of sp³-hybridized carbons (Fsp3) is 1.00. The van der Waals surface area contributed by atoms with E-state index in [1.807, 2.05) is 0 Å². The Morgan fingerprint density at radius 1 is 0.524 bits per heavy atom. The molecule has 0 aromatic rings. The molecule has 0 aromatic carbocycles. The molecule has 0 saturated carbocycles. The normalized spacial score (nSPS) is 10.4. The van der Waals surface area contributed by atoms with E-state index >= 15 is 0 Å². The van der Waals surface area contributed by atoms with Gasteiger partial charge < -0.3 is 0 Å². The Balaban J connectivity index is -0.00000162. The molecule has 0 unspecified atom stereocenters. The third-order valence-electron chi connectivity index (χ3n) is 3.41. The quantitative estimate of drug-likeness (QED) is 0.367. The third kappa shape index (κ3) is 17.4. The number of rotatable bonds is 14. The monoisotopic (exact) mass is 376 g/mol. The minimum atomic E-state index is -0.0383. The van der Waals surface area contributed by atoms with Gasteiger partial charge in [-0.15, -0.1) is 24.8 Å². The molecule has 0 bridgehead atoms. The Labute approximate surface area is 156 Å². The van der Waals surface area contributed by atoms with Crippen molar-refractivity contribution in [1.29, 1.82) is 0 Å². The van der Waals surface area contributed by atoms with Gasteiger partial charge in [-0.2, -0.15) is 0 Å². The second-order valence-electron chi connectivity index (χ2n) is 5.49. The van der Waals surface area contributed by atoms with Gasteiger partial charge in [0, 0.05) is 0 Å². The maximum absolute atomic E-state index is 2.80. The minimum Gasteiger partial charge on any atom is -0.147 e. The van der Waals surface area contributed by atoms with Crippen LogP contribution in [0.3, 0.4) is 0 Å². The van der Waals surface area contributed by atoms with Crippen molar-refractivity contribution >= 4 is 24.8 Å². The molecule has 0 atom stereocenters. The summed E-state index contributed by atoms with van der Waals surface area (Å²) >= 11 is -0.0383. The molecule has 0 saturated heterocycles. The summed E-state index contributed by atoms with van der Waals surface area (Å²) in [5.74, 6) is 0. The topological polar surface area (TPSA) is 6.48 Å². The van der Waals surface area contributed by atoms with Crippen molar-refractivity contribution in [1.82, 2.24) is 6.76 Å². The summed E-state index contributed by atoms with van der Waals surface area (Å²) in [7, 11) is 0. The Morgan fingerprint density at radius 2 is 0.762 bits per heavy atom. The van der Waals surface area contributed by atoms with Crippen LogP contribution in [0.5, 0.6) is 0 Å². The fourth-order valence-electron chi connectivity index (χ4n) is 2.02. The predicted octanol–water partition coefficient (Wildman–Crippen LogP) is 5.55. The van der Waals surface area contributed by atoms with E-state index in [0.717, 1.165) is 0 Å². The Morgan fingerprint density at radius 3 is 0.952 bits per heavy atom. The second kappa shape index (κ2) is 21.2.